The molecule has 7 nitrogen and oxygen atoms in total. The van der Waals surface area contributed by atoms with Crippen LogP contribution in [0.25, 0.3) is 11.0 Å². The van der Waals surface area contributed by atoms with Crippen LogP contribution in [0.4, 0.5) is 5.69 Å². The molecule has 0 radical (unpaired) electrons. The van der Waals surface area contributed by atoms with Gasteiger partial charge in [-0.15, -0.1) is 0 Å². The van der Waals surface area contributed by atoms with E-state index in [1.807, 2.05) is 0 Å². The highest BCUT2D eigenvalue weighted by Crippen LogP contribution is 2.22. The number of hydrogen-bond acceptors (Lipinski definition) is 4. The van der Waals surface area contributed by atoms with E-state index in [0.717, 1.165) is 0 Å². The van der Waals surface area contributed by atoms with Crippen molar-refractivity contribution in [2.45, 2.75) is 4.90 Å². The first-order valence-electron chi connectivity index (χ1n) is 7.63. The van der Waals surface area contributed by atoms with Crippen LogP contribution in [0.3, 0.4) is 0 Å². The number of fused-ring (bicyclic) bond motifs is 1. The van der Waals surface area contributed by atoms with Gasteiger partial charge in [0.1, 0.15) is 5.75 Å². The van der Waals surface area contributed by atoms with Crippen LogP contribution in [0, 0.1) is 0 Å². The third-order valence-electron chi connectivity index (χ3n) is 4.07. The van der Waals surface area contributed by atoms with Gasteiger partial charge >= 0.3 is 5.69 Å². The number of nitrogens with one attached hydrogen (secondary N) is 1. The van der Waals surface area contributed by atoms with Gasteiger partial charge in [-0.2, -0.15) is 0 Å². The van der Waals surface area contributed by atoms with Crippen LogP contribution in [0.5, 0.6) is 0 Å². The number of para-hydroxylation sites is 1. The minimum atomic E-state index is -3.88. The monoisotopic (exact) mass is 393 g/mol. The number of sulfone groups is 1. The molecule has 2 aromatic carbocycles. The number of rotatable bonds is 4. The molecule has 3 aromatic rings. The second kappa shape index (κ2) is 6.62. The molecule has 1 amide bonds. The lowest BCUT2D eigenvalue weighted by Gasteiger charge is -2.08. The summed E-state index contributed by atoms with van der Waals surface area (Å²) in [6, 6.07) is 10.9. The van der Waals surface area contributed by atoms with E-state index >= 15 is 0 Å². The zero-order valence-corrected chi connectivity index (χ0v) is 15.6. The van der Waals surface area contributed by atoms with E-state index in [9.17, 15) is 18.0 Å². The molecule has 9 heteroatoms. The molecular weight excluding hydrogens is 378 g/mol. The molecule has 0 atom stereocenters. The van der Waals surface area contributed by atoms with Gasteiger partial charge in [0.25, 0.3) is 0 Å². The SMILES string of the molecule is Cn1c(=O)n(C)c2cc(S(=O)(=O)CC(=O)Nc3ccccc3Cl)ccc21. The van der Waals surface area contributed by atoms with Crippen molar-refractivity contribution >= 4 is 44.1 Å². The maximum Gasteiger partial charge on any atom is 0.328 e. The predicted molar refractivity (Wildman–Crippen MR) is 100 cm³/mol. The van der Waals surface area contributed by atoms with Crippen LogP contribution in [0.1, 0.15) is 0 Å². The van der Waals surface area contributed by atoms with Gasteiger partial charge in [0.15, 0.2) is 9.84 Å². The second-order valence-corrected chi connectivity index (χ2v) is 8.24. The lowest BCUT2D eigenvalue weighted by Crippen LogP contribution is -2.23. The number of anilines is 1. The summed E-state index contributed by atoms with van der Waals surface area (Å²) in [6.07, 6.45) is 0. The number of hydrogen-bond donors (Lipinski definition) is 1. The van der Waals surface area contributed by atoms with Crippen molar-refractivity contribution in [2.75, 3.05) is 11.1 Å². The summed E-state index contributed by atoms with van der Waals surface area (Å²) < 4.78 is 27.9. The van der Waals surface area contributed by atoms with Crippen LogP contribution in [-0.4, -0.2) is 29.2 Å². The van der Waals surface area contributed by atoms with Crippen LogP contribution in [0.2, 0.25) is 5.02 Å². The van der Waals surface area contributed by atoms with Crippen LogP contribution in [-0.2, 0) is 28.7 Å². The number of aryl methyl sites for hydroxylation is 2. The van der Waals surface area contributed by atoms with Crippen molar-refractivity contribution in [2.24, 2.45) is 14.1 Å². The Balaban J connectivity index is 1.89. The number of halogens is 1. The smallest absolute Gasteiger partial charge is 0.324 e. The average Bonchev–Trinajstić information content (AvgIpc) is 2.81. The summed E-state index contributed by atoms with van der Waals surface area (Å²) in [5.74, 6) is -1.43. The molecule has 3 rings (SSSR count). The number of aromatic nitrogens is 2. The first-order valence-corrected chi connectivity index (χ1v) is 9.66. The maximum atomic E-state index is 12.6. The van der Waals surface area contributed by atoms with Crippen LogP contribution < -0.4 is 11.0 Å². The van der Waals surface area contributed by atoms with E-state index in [1.54, 1.807) is 44.4 Å². The molecule has 0 spiro atoms. The zero-order valence-electron chi connectivity index (χ0n) is 14.1. The molecule has 0 bridgehead atoms. The van der Waals surface area contributed by atoms with E-state index in [0.29, 0.717) is 21.7 Å². The molecule has 1 heterocycles. The third-order valence-corrected chi connectivity index (χ3v) is 6.02. The standard InChI is InChI=1S/C17H16ClN3O4S/c1-20-14-8-7-11(9-15(14)21(2)17(20)23)26(24,25)10-16(22)19-13-6-4-3-5-12(13)18/h3-9H,10H2,1-2H3,(H,19,22). The Kier molecular flexibility index (Phi) is 4.64. The van der Waals surface area contributed by atoms with E-state index in [1.165, 1.54) is 21.3 Å². The molecule has 0 fully saturated rings. The van der Waals surface area contributed by atoms with Crippen LogP contribution >= 0.6 is 11.6 Å². The molecule has 26 heavy (non-hydrogen) atoms. The summed E-state index contributed by atoms with van der Waals surface area (Å²) in [7, 11) is -0.716. The molecule has 1 N–H and O–H groups in total. The Morgan fingerprint density at radius 2 is 1.73 bits per heavy atom. The van der Waals surface area contributed by atoms with Gasteiger partial charge in [-0.1, -0.05) is 23.7 Å². The number of benzene rings is 2. The Labute approximate surface area is 154 Å². The molecule has 136 valence electrons. The van der Waals surface area contributed by atoms with E-state index < -0.39 is 21.5 Å². The van der Waals surface area contributed by atoms with Crippen molar-refractivity contribution in [3.63, 3.8) is 0 Å². The van der Waals surface area contributed by atoms with Gasteiger partial charge in [-0.25, -0.2) is 13.2 Å². The minimum absolute atomic E-state index is 0.0273. The van der Waals surface area contributed by atoms with Crippen molar-refractivity contribution in [3.05, 3.63) is 58.0 Å². The fourth-order valence-corrected chi connectivity index (χ4v) is 4.02. The number of nitrogens with zero attached hydrogens (tertiary/aromatic N) is 2. The highest BCUT2D eigenvalue weighted by molar-refractivity contribution is 7.92. The summed E-state index contributed by atoms with van der Waals surface area (Å²) in [4.78, 5) is 24.1. The maximum absolute atomic E-state index is 12.6. The van der Waals surface area contributed by atoms with Crippen molar-refractivity contribution in [3.8, 4) is 0 Å². The number of carbonyl (C=O) groups is 1. The highest BCUT2D eigenvalue weighted by Gasteiger charge is 2.21. The molecule has 0 aliphatic heterocycles. The van der Waals surface area contributed by atoms with Crippen molar-refractivity contribution in [1.29, 1.82) is 0 Å². The summed E-state index contributed by atoms with van der Waals surface area (Å²) in [5, 5.41) is 2.81. The quantitative estimate of drug-likeness (QED) is 0.733. The fraction of sp³-hybridized carbons (Fsp3) is 0.176. The van der Waals surface area contributed by atoms with Crippen LogP contribution in [0.15, 0.2) is 52.2 Å². The predicted octanol–water partition coefficient (Wildman–Crippen LogP) is 1.94. The largest absolute Gasteiger partial charge is 0.328 e. The third kappa shape index (κ3) is 3.25. The van der Waals surface area contributed by atoms with E-state index in [2.05, 4.69) is 5.32 Å². The molecule has 0 aliphatic carbocycles. The lowest BCUT2D eigenvalue weighted by molar-refractivity contribution is -0.113. The van der Waals surface area contributed by atoms with Gasteiger partial charge in [0, 0.05) is 14.1 Å². The Morgan fingerprint density at radius 1 is 1.08 bits per heavy atom. The van der Waals surface area contributed by atoms with Gasteiger partial charge in [-0.05, 0) is 30.3 Å². The Morgan fingerprint density at radius 3 is 2.42 bits per heavy atom. The topological polar surface area (TPSA) is 90.2 Å². The van der Waals surface area contributed by atoms with Gasteiger partial charge < -0.3 is 5.32 Å². The molecule has 0 saturated carbocycles. The molecule has 0 saturated heterocycles. The Hall–Kier alpha value is -2.58. The average molecular weight is 394 g/mol. The highest BCUT2D eigenvalue weighted by atomic mass is 35.5. The summed E-state index contributed by atoms with van der Waals surface area (Å²) in [6.45, 7) is 0. The minimum Gasteiger partial charge on any atom is -0.324 e. The van der Waals surface area contributed by atoms with Gasteiger partial charge in [0.05, 0.1) is 26.6 Å². The fourth-order valence-electron chi connectivity index (χ4n) is 2.68. The second-order valence-electron chi connectivity index (χ2n) is 5.84. The van der Waals surface area contributed by atoms with Gasteiger partial charge in [0.2, 0.25) is 5.91 Å². The lowest BCUT2D eigenvalue weighted by atomic mass is 10.3. The normalized spacial score (nSPS) is 11.7. The first-order chi connectivity index (χ1) is 12.2. The summed E-state index contributed by atoms with van der Waals surface area (Å²) >= 11 is 5.96. The summed E-state index contributed by atoms with van der Waals surface area (Å²) in [5.41, 5.74) is 1.17. The number of imidazole rings is 1. The van der Waals surface area contributed by atoms with E-state index in [-0.39, 0.29) is 10.6 Å². The van der Waals surface area contributed by atoms with Crippen molar-refractivity contribution in [1.82, 2.24) is 9.13 Å². The zero-order chi connectivity index (χ0) is 19.1. The van der Waals surface area contributed by atoms with Crippen molar-refractivity contribution < 1.29 is 13.2 Å². The van der Waals surface area contributed by atoms with E-state index in [4.69, 9.17) is 11.6 Å². The van der Waals surface area contributed by atoms with Gasteiger partial charge in [-0.3, -0.25) is 13.9 Å². The Bertz CT molecular complexity index is 1180. The molecule has 1 aromatic heterocycles. The number of carbonyl (C=O) groups excluding carboxylic acids is 1. The molecule has 0 aliphatic rings. The first kappa shape index (κ1) is 18.2. The molecular formula is C17H16ClN3O4S. The molecule has 0 unspecified atom stereocenters. The number of amides is 1.